The number of unbranched alkanes of at least 4 members (excludes halogenated alkanes) is 1. The Labute approximate surface area is 156 Å². The summed E-state index contributed by atoms with van der Waals surface area (Å²) in [4.78, 5) is 3.94. The minimum atomic E-state index is -4.43. The molecule has 0 amide bonds. The maximum absolute atomic E-state index is 12.6. The third kappa shape index (κ3) is 9.16. The molecule has 1 atom stereocenters. The molecule has 0 aliphatic rings. The smallest absolute Gasteiger partial charge is 0.416 e. The molecular weight excluding hydrogens is 438 g/mol. The summed E-state index contributed by atoms with van der Waals surface area (Å²) >= 11 is 0. The van der Waals surface area contributed by atoms with Gasteiger partial charge >= 0.3 is 6.18 Å². The van der Waals surface area contributed by atoms with Crippen molar-refractivity contribution in [3.8, 4) is 5.75 Å². The van der Waals surface area contributed by atoms with Crippen LogP contribution in [0.25, 0.3) is 0 Å². The van der Waals surface area contributed by atoms with E-state index in [0.29, 0.717) is 6.54 Å². The fraction of sp³-hybridized carbons (Fsp3) is 0.533. The molecule has 0 aromatic heterocycles. The topological polar surface area (TPSA) is 79.9 Å². The number of nitrogens with one attached hydrogen (secondary N) is 1. The zero-order valence-corrected chi connectivity index (χ0v) is 15.7. The van der Waals surface area contributed by atoms with Crippen LogP contribution >= 0.6 is 24.0 Å². The molecule has 0 saturated carbocycles. The average molecular weight is 461 g/mol. The van der Waals surface area contributed by atoms with Crippen LogP contribution in [-0.4, -0.2) is 36.9 Å². The van der Waals surface area contributed by atoms with E-state index in [2.05, 4.69) is 10.3 Å². The second-order valence-corrected chi connectivity index (χ2v) is 5.00. The van der Waals surface area contributed by atoms with Crippen molar-refractivity contribution in [3.05, 3.63) is 29.8 Å². The molecule has 4 N–H and O–H groups in total. The van der Waals surface area contributed by atoms with Gasteiger partial charge in [-0.3, -0.25) is 4.99 Å². The zero-order valence-electron chi connectivity index (χ0n) is 13.3. The van der Waals surface area contributed by atoms with Crippen LogP contribution in [0.15, 0.2) is 29.3 Å². The minimum Gasteiger partial charge on any atom is -0.491 e. The number of guanidine groups is 1. The number of hydrogen-bond acceptors (Lipinski definition) is 3. The van der Waals surface area contributed by atoms with Gasteiger partial charge in [-0.1, -0.05) is 19.4 Å². The summed E-state index contributed by atoms with van der Waals surface area (Å²) in [5.74, 6) is 0.258. The molecule has 9 heteroatoms. The van der Waals surface area contributed by atoms with E-state index in [1.807, 2.05) is 6.92 Å². The van der Waals surface area contributed by atoms with Gasteiger partial charge in [-0.15, -0.1) is 24.0 Å². The van der Waals surface area contributed by atoms with Crippen molar-refractivity contribution < 1.29 is 23.0 Å². The number of nitrogens with two attached hydrogens (primary N) is 1. The molecule has 0 heterocycles. The lowest BCUT2D eigenvalue weighted by Gasteiger charge is -2.13. The van der Waals surface area contributed by atoms with Crippen LogP contribution in [-0.2, 0) is 6.18 Å². The van der Waals surface area contributed by atoms with E-state index < -0.39 is 17.8 Å². The van der Waals surface area contributed by atoms with Gasteiger partial charge in [-0.2, -0.15) is 13.2 Å². The quantitative estimate of drug-likeness (QED) is 0.241. The number of hydrogen-bond donors (Lipinski definition) is 3. The normalized spacial score (nSPS) is 13.1. The average Bonchev–Trinajstić information content (AvgIpc) is 2.50. The van der Waals surface area contributed by atoms with Crippen molar-refractivity contribution in [3.63, 3.8) is 0 Å². The van der Waals surface area contributed by atoms with Crippen molar-refractivity contribution in [2.24, 2.45) is 10.7 Å². The number of halogens is 4. The monoisotopic (exact) mass is 461 g/mol. The Morgan fingerprint density at radius 2 is 2.12 bits per heavy atom. The number of ether oxygens (including phenoxy) is 1. The SMILES string of the molecule is CCCCNC(N)=NCC(O)COc1cccc(C(F)(F)F)c1.I. The minimum absolute atomic E-state index is 0. The van der Waals surface area contributed by atoms with Gasteiger partial charge in [0.1, 0.15) is 18.5 Å². The molecule has 0 spiro atoms. The summed E-state index contributed by atoms with van der Waals surface area (Å²) in [5.41, 5.74) is 4.80. The predicted octanol–water partition coefficient (Wildman–Crippen LogP) is 2.77. The van der Waals surface area contributed by atoms with Gasteiger partial charge in [0.05, 0.1) is 12.1 Å². The van der Waals surface area contributed by atoms with E-state index >= 15 is 0 Å². The van der Waals surface area contributed by atoms with Gasteiger partial charge in [-0.25, -0.2) is 0 Å². The standard InChI is InChI=1S/C15H22F3N3O2.HI/c1-2-3-7-20-14(19)21-9-12(22)10-23-13-6-4-5-11(8-13)15(16,17)18;/h4-6,8,12,22H,2-3,7,9-10H2,1H3,(H3,19,20,21);1H. The Bertz CT molecular complexity index is 513. The highest BCUT2D eigenvalue weighted by Crippen LogP contribution is 2.31. The number of rotatable bonds is 8. The van der Waals surface area contributed by atoms with Crippen LogP contribution in [0.2, 0.25) is 0 Å². The molecule has 1 aromatic carbocycles. The second-order valence-electron chi connectivity index (χ2n) is 5.00. The molecule has 0 bridgehead atoms. The van der Waals surface area contributed by atoms with Crippen LogP contribution < -0.4 is 15.8 Å². The molecule has 0 saturated heterocycles. The van der Waals surface area contributed by atoms with E-state index in [1.165, 1.54) is 12.1 Å². The van der Waals surface area contributed by atoms with E-state index in [-0.39, 0.29) is 48.8 Å². The molecule has 138 valence electrons. The maximum Gasteiger partial charge on any atom is 0.416 e. The van der Waals surface area contributed by atoms with Crippen LogP contribution in [0.3, 0.4) is 0 Å². The highest BCUT2D eigenvalue weighted by molar-refractivity contribution is 14.0. The van der Waals surface area contributed by atoms with Crippen LogP contribution in [0.5, 0.6) is 5.75 Å². The van der Waals surface area contributed by atoms with E-state index in [1.54, 1.807) is 0 Å². The van der Waals surface area contributed by atoms with Gasteiger partial charge in [0.2, 0.25) is 0 Å². The summed E-state index contributed by atoms with van der Waals surface area (Å²) in [6.45, 7) is 2.57. The van der Waals surface area contributed by atoms with Crippen molar-refractivity contribution >= 4 is 29.9 Å². The van der Waals surface area contributed by atoms with Crippen LogP contribution in [0.1, 0.15) is 25.3 Å². The number of benzene rings is 1. The van der Waals surface area contributed by atoms with Crippen LogP contribution in [0.4, 0.5) is 13.2 Å². The molecule has 0 fully saturated rings. The Hall–Kier alpha value is -1.23. The molecular formula is C15H23F3IN3O2. The van der Waals surface area contributed by atoms with Gasteiger partial charge in [-0.05, 0) is 24.6 Å². The first-order valence-electron chi connectivity index (χ1n) is 7.34. The molecule has 0 aliphatic carbocycles. The lowest BCUT2D eigenvalue weighted by atomic mass is 10.2. The summed E-state index contributed by atoms with van der Waals surface area (Å²) < 4.78 is 42.8. The van der Waals surface area contributed by atoms with Gasteiger partial charge < -0.3 is 20.9 Å². The fourth-order valence-electron chi connectivity index (χ4n) is 1.66. The summed E-state index contributed by atoms with van der Waals surface area (Å²) in [6.07, 6.45) is -3.41. The number of alkyl halides is 3. The zero-order chi connectivity index (χ0) is 17.3. The summed E-state index contributed by atoms with van der Waals surface area (Å²) in [5, 5.41) is 12.6. The van der Waals surface area contributed by atoms with Gasteiger partial charge in [0, 0.05) is 6.54 Å². The third-order valence-electron chi connectivity index (χ3n) is 2.91. The fourth-order valence-corrected chi connectivity index (χ4v) is 1.66. The van der Waals surface area contributed by atoms with E-state index in [9.17, 15) is 18.3 Å². The molecule has 5 nitrogen and oxygen atoms in total. The summed E-state index contributed by atoms with van der Waals surface area (Å²) in [6, 6.07) is 4.48. The lowest BCUT2D eigenvalue weighted by molar-refractivity contribution is -0.137. The first-order chi connectivity index (χ1) is 10.8. The highest BCUT2D eigenvalue weighted by Gasteiger charge is 2.30. The van der Waals surface area contributed by atoms with Crippen LogP contribution in [0, 0.1) is 0 Å². The largest absolute Gasteiger partial charge is 0.491 e. The third-order valence-corrected chi connectivity index (χ3v) is 2.91. The van der Waals surface area contributed by atoms with Crippen molar-refractivity contribution in [1.29, 1.82) is 0 Å². The number of aliphatic hydroxyl groups excluding tert-OH is 1. The Kier molecular flexibility index (Phi) is 10.8. The van der Waals surface area contributed by atoms with E-state index in [0.717, 1.165) is 25.0 Å². The van der Waals surface area contributed by atoms with Crippen molar-refractivity contribution in [2.75, 3.05) is 19.7 Å². The van der Waals surface area contributed by atoms with E-state index in [4.69, 9.17) is 10.5 Å². The molecule has 0 radical (unpaired) electrons. The molecule has 24 heavy (non-hydrogen) atoms. The highest BCUT2D eigenvalue weighted by atomic mass is 127. The first kappa shape index (κ1) is 22.8. The van der Waals surface area contributed by atoms with Gasteiger partial charge in [0.15, 0.2) is 5.96 Å². The predicted molar refractivity (Wildman–Crippen MR) is 97.8 cm³/mol. The maximum atomic E-state index is 12.6. The summed E-state index contributed by atoms with van der Waals surface area (Å²) in [7, 11) is 0. The van der Waals surface area contributed by atoms with Gasteiger partial charge in [0.25, 0.3) is 0 Å². The number of nitrogens with zero attached hydrogens (tertiary/aromatic N) is 1. The molecule has 1 unspecified atom stereocenters. The van der Waals surface area contributed by atoms with Crippen molar-refractivity contribution in [1.82, 2.24) is 5.32 Å². The number of aliphatic imine (C=N–C) groups is 1. The lowest BCUT2D eigenvalue weighted by Crippen LogP contribution is -2.34. The number of aliphatic hydroxyl groups is 1. The molecule has 1 aromatic rings. The Morgan fingerprint density at radius 3 is 2.75 bits per heavy atom. The first-order valence-corrected chi connectivity index (χ1v) is 7.34. The molecule has 1 rings (SSSR count). The second kappa shape index (κ2) is 11.3. The molecule has 0 aliphatic heterocycles. The van der Waals surface area contributed by atoms with Crippen molar-refractivity contribution in [2.45, 2.75) is 32.0 Å². The Balaban J connectivity index is 0.00000529. The Morgan fingerprint density at radius 1 is 1.42 bits per heavy atom.